The van der Waals surface area contributed by atoms with Crippen LogP contribution in [0.2, 0.25) is 0 Å². The van der Waals surface area contributed by atoms with Crippen molar-refractivity contribution in [3.63, 3.8) is 0 Å². The molecule has 0 heterocycles. The molecule has 0 aliphatic heterocycles. The highest BCUT2D eigenvalue weighted by atomic mass is 16.6. The summed E-state index contributed by atoms with van der Waals surface area (Å²) in [5, 5.41) is 2.48. The lowest BCUT2D eigenvalue weighted by Crippen LogP contribution is -2.39. The first-order valence-electron chi connectivity index (χ1n) is 4.95. The van der Waals surface area contributed by atoms with Gasteiger partial charge in [-0.1, -0.05) is 12.2 Å². The van der Waals surface area contributed by atoms with E-state index in [0.29, 0.717) is 12.7 Å². The molecule has 0 saturated carbocycles. The summed E-state index contributed by atoms with van der Waals surface area (Å²) in [5.74, 6) is 0. The second kappa shape index (κ2) is 6.22. The second-order valence-corrected chi connectivity index (χ2v) is 4.19. The van der Waals surface area contributed by atoms with Crippen LogP contribution in [0.3, 0.4) is 0 Å². The van der Waals surface area contributed by atoms with Gasteiger partial charge in [0.2, 0.25) is 0 Å². The lowest BCUT2D eigenvalue weighted by Gasteiger charge is -2.21. The number of ether oxygens (including phenoxy) is 1. The Bertz CT molecular complexity index is 241. The summed E-state index contributed by atoms with van der Waals surface area (Å²) in [7, 11) is 0. The van der Waals surface area contributed by atoms with Crippen LogP contribution >= 0.6 is 0 Å². The molecule has 1 atom stereocenters. The Kier molecular flexibility index (Phi) is 5.67. The van der Waals surface area contributed by atoms with Crippen molar-refractivity contribution >= 4 is 12.4 Å². The number of hydrogen-bond donors (Lipinski definition) is 1. The summed E-state index contributed by atoms with van der Waals surface area (Å²) in [5.41, 5.74) is -0.544. The largest absolute Gasteiger partial charge is 0.444 e. The number of amides is 1. The Morgan fingerprint density at radius 1 is 1.47 bits per heavy atom. The molecule has 0 aromatic rings. The van der Waals surface area contributed by atoms with Gasteiger partial charge in [-0.25, -0.2) is 4.79 Å². The van der Waals surface area contributed by atoms with Crippen LogP contribution in [0.4, 0.5) is 4.79 Å². The number of hydrogen-bond acceptors (Lipinski definition) is 3. The quantitative estimate of drug-likeness (QED) is 0.574. The van der Waals surface area contributed by atoms with Crippen molar-refractivity contribution in [2.24, 2.45) is 0 Å². The molecule has 1 amide bonds. The van der Waals surface area contributed by atoms with Gasteiger partial charge in [-0.15, -0.1) is 0 Å². The molecule has 0 rings (SSSR count). The Morgan fingerprint density at radius 3 is 2.47 bits per heavy atom. The molecule has 0 aliphatic carbocycles. The van der Waals surface area contributed by atoms with Crippen LogP contribution in [0.1, 0.15) is 34.1 Å². The maximum absolute atomic E-state index is 11.3. The Morgan fingerprint density at radius 2 is 2.07 bits per heavy atom. The fourth-order valence-electron chi connectivity index (χ4n) is 0.890. The number of nitrogens with one attached hydrogen (secondary N) is 1. The van der Waals surface area contributed by atoms with Gasteiger partial charge in [0.25, 0.3) is 0 Å². The van der Waals surface area contributed by atoms with Crippen molar-refractivity contribution in [1.29, 1.82) is 0 Å². The minimum absolute atomic E-state index is 0.485. The summed E-state index contributed by atoms with van der Waals surface area (Å²) in [4.78, 5) is 21.9. The molecule has 0 saturated heterocycles. The third-order valence-electron chi connectivity index (χ3n) is 1.49. The molecule has 1 N–H and O–H groups in total. The van der Waals surface area contributed by atoms with Crippen molar-refractivity contribution in [3.05, 3.63) is 12.2 Å². The normalized spacial score (nSPS) is 13.6. The van der Waals surface area contributed by atoms with E-state index in [9.17, 15) is 9.59 Å². The van der Waals surface area contributed by atoms with Crippen molar-refractivity contribution < 1.29 is 14.3 Å². The average Bonchev–Trinajstić information content (AvgIpc) is 2.09. The van der Waals surface area contributed by atoms with Crippen LogP contribution in [-0.2, 0) is 9.53 Å². The molecule has 0 fully saturated rings. The van der Waals surface area contributed by atoms with E-state index in [4.69, 9.17) is 4.74 Å². The summed E-state index contributed by atoms with van der Waals surface area (Å²) < 4.78 is 5.02. The molecular formula is C11H19NO3. The molecular weight excluding hydrogens is 194 g/mol. The summed E-state index contributed by atoms with van der Waals surface area (Å²) in [6.45, 7) is 7.17. The maximum Gasteiger partial charge on any atom is 0.408 e. The van der Waals surface area contributed by atoms with Crippen LogP contribution in [0.15, 0.2) is 12.2 Å². The third kappa shape index (κ3) is 7.73. The van der Waals surface area contributed by atoms with Crippen molar-refractivity contribution in [2.75, 3.05) is 0 Å². The molecule has 0 aromatic carbocycles. The number of rotatable bonds is 4. The minimum atomic E-state index is -0.566. The highest BCUT2D eigenvalue weighted by molar-refractivity contribution is 5.73. The van der Waals surface area contributed by atoms with E-state index in [-0.39, 0.29) is 0 Å². The molecule has 4 heteroatoms. The van der Waals surface area contributed by atoms with Crippen LogP contribution < -0.4 is 5.32 Å². The predicted octanol–water partition coefficient (Wildman–Crippen LogP) is 2.04. The topological polar surface area (TPSA) is 55.4 Å². The van der Waals surface area contributed by atoms with Crippen molar-refractivity contribution in [2.45, 2.75) is 45.8 Å². The van der Waals surface area contributed by atoms with Gasteiger partial charge < -0.3 is 14.8 Å². The van der Waals surface area contributed by atoms with Gasteiger partial charge in [0, 0.05) is 0 Å². The van der Waals surface area contributed by atoms with Crippen LogP contribution in [-0.4, -0.2) is 24.0 Å². The molecule has 4 nitrogen and oxygen atoms in total. The monoisotopic (exact) mass is 213 g/mol. The Hall–Kier alpha value is -1.32. The predicted molar refractivity (Wildman–Crippen MR) is 58.7 cm³/mol. The molecule has 0 bridgehead atoms. The highest BCUT2D eigenvalue weighted by Crippen LogP contribution is 2.06. The van der Waals surface area contributed by atoms with Gasteiger partial charge in [0.15, 0.2) is 0 Å². The number of carbonyl (C=O) groups excluding carboxylic acids is 2. The van der Waals surface area contributed by atoms with Gasteiger partial charge in [0.1, 0.15) is 11.9 Å². The van der Waals surface area contributed by atoms with Gasteiger partial charge >= 0.3 is 6.09 Å². The van der Waals surface area contributed by atoms with Gasteiger partial charge in [-0.2, -0.15) is 0 Å². The molecule has 0 aromatic heterocycles. The average molecular weight is 213 g/mol. The Balaban J connectivity index is 4.07. The first-order chi connectivity index (χ1) is 6.89. The van der Waals surface area contributed by atoms with Crippen molar-refractivity contribution in [3.8, 4) is 0 Å². The molecule has 0 radical (unpaired) electrons. The zero-order chi connectivity index (χ0) is 11.9. The highest BCUT2D eigenvalue weighted by Gasteiger charge is 2.18. The second-order valence-electron chi connectivity index (χ2n) is 4.19. The smallest absolute Gasteiger partial charge is 0.408 e. The number of alkyl carbamates (subject to hydrolysis) is 1. The molecule has 0 spiro atoms. The van der Waals surface area contributed by atoms with E-state index in [1.807, 2.05) is 19.1 Å². The maximum atomic E-state index is 11.3. The lowest BCUT2D eigenvalue weighted by atomic mass is 10.2. The summed E-state index contributed by atoms with van der Waals surface area (Å²) in [6, 6.07) is -0.518. The molecule has 15 heavy (non-hydrogen) atoms. The fraction of sp³-hybridized carbons (Fsp3) is 0.636. The van der Waals surface area contributed by atoms with Gasteiger partial charge in [0.05, 0.1) is 6.04 Å². The summed E-state index contributed by atoms with van der Waals surface area (Å²) >= 11 is 0. The standard InChI is InChI=1S/C11H19NO3/c1-5-6-7-9(8-13)12-10(14)15-11(2,3)4/h5-6,8-9H,7H2,1-4H3,(H,12,14)/b6-5+/t9-/m1/s1. The zero-order valence-corrected chi connectivity index (χ0v) is 9.74. The Labute approximate surface area is 90.7 Å². The first kappa shape index (κ1) is 13.7. The van der Waals surface area contributed by atoms with E-state index in [1.54, 1.807) is 20.8 Å². The van der Waals surface area contributed by atoms with E-state index in [1.165, 1.54) is 0 Å². The number of carbonyl (C=O) groups is 2. The van der Waals surface area contributed by atoms with Crippen LogP contribution in [0.25, 0.3) is 0 Å². The minimum Gasteiger partial charge on any atom is -0.444 e. The molecule has 0 unspecified atom stereocenters. The van der Waals surface area contributed by atoms with Crippen LogP contribution in [0, 0.1) is 0 Å². The third-order valence-corrected chi connectivity index (χ3v) is 1.49. The zero-order valence-electron chi connectivity index (χ0n) is 9.74. The summed E-state index contributed by atoms with van der Waals surface area (Å²) in [6.07, 6.45) is 4.26. The van der Waals surface area contributed by atoms with Gasteiger partial charge in [-0.05, 0) is 34.1 Å². The lowest BCUT2D eigenvalue weighted by molar-refractivity contribution is -0.109. The van der Waals surface area contributed by atoms with E-state index in [2.05, 4.69) is 5.32 Å². The van der Waals surface area contributed by atoms with Gasteiger partial charge in [-0.3, -0.25) is 0 Å². The number of aldehydes is 1. The van der Waals surface area contributed by atoms with E-state index < -0.39 is 17.7 Å². The molecule has 86 valence electrons. The van der Waals surface area contributed by atoms with Crippen molar-refractivity contribution in [1.82, 2.24) is 5.32 Å². The first-order valence-corrected chi connectivity index (χ1v) is 4.95. The van der Waals surface area contributed by atoms with E-state index >= 15 is 0 Å². The fourth-order valence-corrected chi connectivity index (χ4v) is 0.890. The van der Waals surface area contributed by atoms with Crippen LogP contribution in [0.5, 0.6) is 0 Å². The van der Waals surface area contributed by atoms with E-state index in [0.717, 1.165) is 0 Å². The SMILES string of the molecule is C/C=C/C[C@H](C=O)NC(=O)OC(C)(C)C. The molecule has 0 aliphatic rings. The number of allylic oxidation sites excluding steroid dienone is 1.